The maximum Gasteiger partial charge on any atom is 0.225 e. The van der Waals surface area contributed by atoms with Gasteiger partial charge in [-0.05, 0) is 74.8 Å². The van der Waals surface area contributed by atoms with Gasteiger partial charge < -0.3 is 10.2 Å². The van der Waals surface area contributed by atoms with Crippen molar-refractivity contribution in [1.82, 2.24) is 15.2 Å². The molecule has 0 spiro atoms. The molecule has 1 unspecified atom stereocenters. The van der Waals surface area contributed by atoms with Gasteiger partial charge in [0.25, 0.3) is 0 Å². The van der Waals surface area contributed by atoms with E-state index in [0.717, 1.165) is 29.9 Å². The highest BCUT2D eigenvalue weighted by Crippen LogP contribution is 2.55. The quantitative estimate of drug-likeness (QED) is 0.853. The third-order valence-electron chi connectivity index (χ3n) is 7.66. The van der Waals surface area contributed by atoms with Crippen LogP contribution in [-0.4, -0.2) is 40.3 Å². The number of rotatable bonds is 5. The zero-order valence-electron chi connectivity index (χ0n) is 16.6. The van der Waals surface area contributed by atoms with Crippen LogP contribution in [0.2, 0.25) is 0 Å². The molecule has 1 atom stereocenters. The number of nitrogens with one attached hydrogen (secondary N) is 1. The highest BCUT2D eigenvalue weighted by molar-refractivity contribution is 5.84. The first-order chi connectivity index (χ1) is 13.6. The average Bonchev–Trinajstić information content (AvgIpc) is 2.66. The summed E-state index contributed by atoms with van der Waals surface area (Å²) in [5.74, 6) is 2.79. The van der Waals surface area contributed by atoms with Gasteiger partial charge in [0, 0.05) is 43.4 Å². The van der Waals surface area contributed by atoms with Crippen LogP contribution >= 0.6 is 0 Å². The summed E-state index contributed by atoms with van der Waals surface area (Å²) in [6.07, 6.45) is 11.4. The number of nitrogens with zero attached hydrogens (tertiary/aromatic N) is 2. The zero-order chi connectivity index (χ0) is 19.1. The van der Waals surface area contributed by atoms with Crippen LogP contribution in [0.4, 0.5) is 0 Å². The lowest BCUT2D eigenvalue weighted by Gasteiger charge is -2.57. The van der Waals surface area contributed by atoms with Crippen molar-refractivity contribution >= 4 is 11.8 Å². The van der Waals surface area contributed by atoms with Crippen molar-refractivity contribution in [1.29, 1.82) is 0 Å². The summed E-state index contributed by atoms with van der Waals surface area (Å²) in [4.78, 5) is 31.7. The Balaban J connectivity index is 1.20. The van der Waals surface area contributed by atoms with E-state index in [-0.39, 0.29) is 23.3 Å². The molecule has 1 aromatic heterocycles. The Bertz CT molecular complexity index is 712. The van der Waals surface area contributed by atoms with E-state index in [4.69, 9.17) is 0 Å². The first-order valence-corrected chi connectivity index (χ1v) is 11.1. The first-order valence-electron chi connectivity index (χ1n) is 11.1. The van der Waals surface area contributed by atoms with E-state index in [2.05, 4.69) is 10.3 Å². The fourth-order valence-electron chi connectivity index (χ4n) is 6.77. The molecule has 2 heterocycles. The molecule has 1 aliphatic heterocycles. The highest BCUT2D eigenvalue weighted by Gasteiger charge is 2.52. The van der Waals surface area contributed by atoms with Crippen molar-refractivity contribution in [3.63, 3.8) is 0 Å². The topological polar surface area (TPSA) is 62.3 Å². The van der Waals surface area contributed by atoms with Gasteiger partial charge in [0.2, 0.25) is 11.8 Å². The number of hydrogen-bond donors (Lipinski definition) is 1. The maximum atomic E-state index is 13.1. The lowest BCUT2D eigenvalue weighted by molar-refractivity contribution is -0.140. The number of carbonyl (C=O) groups excluding carboxylic acids is 2. The second-order valence-corrected chi connectivity index (χ2v) is 9.83. The van der Waals surface area contributed by atoms with Crippen molar-refractivity contribution in [2.45, 2.75) is 63.3 Å². The molecule has 1 N–H and O–H groups in total. The van der Waals surface area contributed by atoms with Crippen LogP contribution in [0.5, 0.6) is 0 Å². The third-order valence-corrected chi connectivity index (χ3v) is 7.66. The van der Waals surface area contributed by atoms with Crippen LogP contribution in [0.25, 0.3) is 0 Å². The molecule has 5 fully saturated rings. The van der Waals surface area contributed by atoms with Crippen molar-refractivity contribution < 1.29 is 9.59 Å². The minimum atomic E-state index is -0.0607. The SMILES string of the molecule is O=C(NC12CC3CC(CC(C3)C1)C2)C1CCC(=O)N(CCc2ccccn2)C1. The minimum Gasteiger partial charge on any atom is -0.350 e. The minimum absolute atomic E-state index is 0.0607. The molecule has 150 valence electrons. The normalized spacial score (nSPS) is 36.6. The number of aromatic nitrogens is 1. The van der Waals surface area contributed by atoms with Crippen molar-refractivity contribution in [2.24, 2.45) is 23.7 Å². The summed E-state index contributed by atoms with van der Waals surface area (Å²) in [5, 5.41) is 3.51. The van der Waals surface area contributed by atoms with Gasteiger partial charge in [-0.15, -0.1) is 0 Å². The van der Waals surface area contributed by atoms with Gasteiger partial charge in [-0.1, -0.05) is 6.07 Å². The lowest BCUT2D eigenvalue weighted by atomic mass is 9.53. The van der Waals surface area contributed by atoms with Crippen LogP contribution < -0.4 is 5.32 Å². The third kappa shape index (κ3) is 3.56. The molecule has 5 nitrogen and oxygen atoms in total. The molecule has 1 saturated heterocycles. The zero-order valence-corrected chi connectivity index (χ0v) is 16.6. The Morgan fingerprint density at radius 1 is 1.14 bits per heavy atom. The molecule has 0 aromatic carbocycles. The number of piperidine rings is 1. The summed E-state index contributed by atoms with van der Waals surface area (Å²) < 4.78 is 0. The van der Waals surface area contributed by atoms with E-state index >= 15 is 0 Å². The maximum absolute atomic E-state index is 13.1. The van der Waals surface area contributed by atoms with E-state index in [1.54, 1.807) is 6.20 Å². The monoisotopic (exact) mass is 381 g/mol. The van der Waals surface area contributed by atoms with Gasteiger partial charge in [0.15, 0.2) is 0 Å². The standard InChI is InChI=1S/C23H31N3O2/c27-21-5-4-19(15-26(21)8-6-20-3-1-2-7-24-20)22(28)25-23-12-16-9-17(13-23)11-18(10-16)14-23/h1-3,7,16-19H,4-6,8-15H2,(H,25,28). The van der Waals surface area contributed by atoms with Crippen LogP contribution in [0.3, 0.4) is 0 Å². The van der Waals surface area contributed by atoms with E-state index in [1.807, 2.05) is 23.1 Å². The smallest absolute Gasteiger partial charge is 0.225 e. The van der Waals surface area contributed by atoms with Crippen molar-refractivity contribution in [3.05, 3.63) is 30.1 Å². The number of carbonyl (C=O) groups is 2. The van der Waals surface area contributed by atoms with Crippen molar-refractivity contribution in [3.8, 4) is 0 Å². The largest absolute Gasteiger partial charge is 0.350 e. The molecule has 4 aliphatic carbocycles. The summed E-state index contributed by atoms with van der Waals surface area (Å²) in [5.41, 5.74) is 1.06. The van der Waals surface area contributed by atoms with Gasteiger partial charge in [0.1, 0.15) is 0 Å². The molecule has 5 aliphatic rings. The average molecular weight is 382 g/mol. The fraction of sp³-hybridized carbons (Fsp3) is 0.696. The Hall–Kier alpha value is -1.91. The molecule has 2 amide bonds. The van der Waals surface area contributed by atoms with Gasteiger partial charge >= 0.3 is 0 Å². The number of hydrogen-bond acceptors (Lipinski definition) is 3. The molecule has 4 bridgehead atoms. The highest BCUT2D eigenvalue weighted by atomic mass is 16.2. The molecule has 28 heavy (non-hydrogen) atoms. The predicted molar refractivity (Wildman–Crippen MR) is 106 cm³/mol. The first kappa shape index (κ1) is 18.1. The molecule has 1 aromatic rings. The van der Waals surface area contributed by atoms with Gasteiger partial charge in [-0.2, -0.15) is 0 Å². The summed E-state index contributed by atoms with van der Waals surface area (Å²) in [6, 6.07) is 5.87. The molecular weight excluding hydrogens is 350 g/mol. The Morgan fingerprint density at radius 2 is 1.86 bits per heavy atom. The lowest BCUT2D eigenvalue weighted by Crippen LogP contribution is -2.61. The Labute approximate surface area is 167 Å². The number of amides is 2. The van der Waals surface area contributed by atoms with Crippen molar-refractivity contribution in [2.75, 3.05) is 13.1 Å². The van der Waals surface area contributed by atoms with Crippen LogP contribution in [0.1, 0.15) is 57.1 Å². The molecule has 0 radical (unpaired) electrons. The van der Waals surface area contributed by atoms with Crippen LogP contribution in [-0.2, 0) is 16.0 Å². The second-order valence-electron chi connectivity index (χ2n) is 9.83. The van der Waals surface area contributed by atoms with Gasteiger partial charge in [0.05, 0.1) is 5.92 Å². The predicted octanol–water partition coefficient (Wildman–Crippen LogP) is 2.95. The molecular formula is C23H31N3O2. The summed E-state index contributed by atoms with van der Waals surface area (Å²) in [6.45, 7) is 1.21. The van der Waals surface area contributed by atoms with Gasteiger partial charge in [-0.25, -0.2) is 0 Å². The van der Waals surface area contributed by atoms with E-state index < -0.39 is 0 Å². The number of likely N-dealkylation sites (tertiary alicyclic amines) is 1. The fourth-order valence-corrected chi connectivity index (χ4v) is 6.77. The van der Waals surface area contributed by atoms with E-state index in [0.29, 0.717) is 25.9 Å². The second kappa shape index (κ2) is 7.16. The molecule has 5 heteroatoms. The Kier molecular flexibility index (Phi) is 4.64. The Morgan fingerprint density at radius 3 is 2.50 bits per heavy atom. The molecule has 6 rings (SSSR count). The van der Waals surface area contributed by atoms with Crippen LogP contribution in [0.15, 0.2) is 24.4 Å². The summed E-state index contributed by atoms with van der Waals surface area (Å²) >= 11 is 0. The van der Waals surface area contributed by atoms with E-state index in [1.165, 1.54) is 38.5 Å². The summed E-state index contributed by atoms with van der Waals surface area (Å²) in [7, 11) is 0. The number of pyridine rings is 1. The van der Waals surface area contributed by atoms with Crippen LogP contribution in [0, 0.1) is 23.7 Å². The molecule has 4 saturated carbocycles. The van der Waals surface area contributed by atoms with E-state index in [9.17, 15) is 9.59 Å². The van der Waals surface area contributed by atoms with Gasteiger partial charge in [-0.3, -0.25) is 14.6 Å².